The van der Waals surface area contributed by atoms with E-state index in [0.29, 0.717) is 0 Å². The Kier molecular flexibility index (Phi) is 9.93. The third-order valence-electron chi connectivity index (χ3n) is 2.21. The third kappa shape index (κ3) is 8.11. The molecular weight excluding hydrogens is 345 g/mol. The van der Waals surface area contributed by atoms with E-state index in [1.807, 2.05) is 0 Å². The molecule has 12 heteroatoms. The predicted molar refractivity (Wildman–Crippen MR) is 61.4 cm³/mol. The first-order valence-corrected chi connectivity index (χ1v) is 6.36. The molecule has 140 valence electrons. The maximum atomic E-state index is 12.7. The second-order valence-electron chi connectivity index (χ2n) is 4.00. The Morgan fingerprint density at radius 3 is 1.39 bits per heavy atom. The van der Waals surface area contributed by atoms with Crippen LogP contribution in [0.25, 0.3) is 0 Å². The van der Waals surface area contributed by atoms with Gasteiger partial charge in [0.2, 0.25) is 0 Å². The van der Waals surface area contributed by atoms with Gasteiger partial charge in [-0.1, -0.05) is 0 Å². The van der Waals surface area contributed by atoms with Gasteiger partial charge < -0.3 is 24.1 Å². The second kappa shape index (κ2) is 10.2. The molecule has 23 heavy (non-hydrogen) atoms. The van der Waals surface area contributed by atoms with Crippen LogP contribution in [0.3, 0.4) is 0 Å². The number of hydrogen-bond acceptors (Lipinski definition) is 5. The van der Waals surface area contributed by atoms with Crippen LogP contribution in [0, 0.1) is 0 Å². The number of ether oxygens (including phenoxy) is 4. The Morgan fingerprint density at radius 2 is 1.00 bits per heavy atom. The zero-order valence-corrected chi connectivity index (χ0v) is 11.9. The van der Waals surface area contributed by atoms with E-state index in [9.17, 15) is 30.7 Å². The molecule has 0 radical (unpaired) electrons. The molecule has 0 fully saturated rings. The summed E-state index contributed by atoms with van der Waals surface area (Å²) in [5.41, 5.74) is 0. The third-order valence-corrected chi connectivity index (χ3v) is 2.21. The Hall–Kier alpha value is -0.690. The van der Waals surface area contributed by atoms with Gasteiger partial charge in [-0.15, -0.1) is 0 Å². The van der Waals surface area contributed by atoms with Crippen LogP contribution in [0.5, 0.6) is 0 Å². The largest absolute Gasteiger partial charge is 0.462 e. The lowest BCUT2D eigenvalue weighted by molar-refractivity contribution is -0.424. The van der Waals surface area contributed by atoms with Crippen LogP contribution in [0.1, 0.15) is 0 Å². The maximum Gasteiger partial charge on any atom is 0.462 e. The minimum Gasteiger partial charge on any atom is -0.394 e. The standard InChI is InChI=1S/C11H17F7O5/c12-9(13,10(14,15)16)11(17,18)23-8-7-22-6-5-21-4-3-20-2-1-19/h19H,1-8H2. The zero-order valence-electron chi connectivity index (χ0n) is 11.9. The van der Waals surface area contributed by atoms with E-state index in [0.717, 1.165) is 0 Å². The monoisotopic (exact) mass is 362 g/mol. The first kappa shape index (κ1) is 22.3. The van der Waals surface area contributed by atoms with Gasteiger partial charge in [-0.25, -0.2) is 0 Å². The van der Waals surface area contributed by atoms with Crippen molar-refractivity contribution in [2.45, 2.75) is 18.2 Å². The molecule has 0 aromatic heterocycles. The lowest BCUT2D eigenvalue weighted by atomic mass is 10.3. The zero-order chi connectivity index (χ0) is 18.0. The van der Waals surface area contributed by atoms with Crippen LogP contribution in [0.2, 0.25) is 0 Å². The van der Waals surface area contributed by atoms with Gasteiger partial charge in [0, 0.05) is 0 Å². The molecule has 5 nitrogen and oxygen atoms in total. The summed E-state index contributed by atoms with van der Waals surface area (Å²) in [4.78, 5) is 0. The molecule has 0 aromatic rings. The van der Waals surface area contributed by atoms with Crippen molar-refractivity contribution >= 4 is 0 Å². The van der Waals surface area contributed by atoms with Crippen molar-refractivity contribution in [1.29, 1.82) is 0 Å². The van der Waals surface area contributed by atoms with Gasteiger partial charge in [0.15, 0.2) is 0 Å². The molecule has 0 unspecified atom stereocenters. The van der Waals surface area contributed by atoms with Crippen molar-refractivity contribution < 1.29 is 54.8 Å². The van der Waals surface area contributed by atoms with E-state index in [1.165, 1.54) is 0 Å². The van der Waals surface area contributed by atoms with Crippen LogP contribution in [-0.4, -0.2) is 76.2 Å². The lowest BCUT2D eigenvalue weighted by Crippen LogP contribution is -2.53. The Morgan fingerprint density at radius 1 is 0.609 bits per heavy atom. The van der Waals surface area contributed by atoms with Crippen LogP contribution >= 0.6 is 0 Å². The van der Waals surface area contributed by atoms with Crippen molar-refractivity contribution in [2.75, 3.05) is 52.9 Å². The summed E-state index contributed by atoms with van der Waals surface area (Å²) in [5.74, 6) is -6.29. The van der Waals surface area contributed by atoms with E-state index >= 15 is 0 Å². The molecule has 0 aliphatic rings. The Bertz CT molecular complexity index is 312. The molecule has 0 spiro atoms. The minimum atomic E-state index is -6.43. The topological polar surface area (TPSA) is 57.2 Å². The maximum absolute atomic E-state index is 12.7. The molecule has 0 aromatic carbocycles. The molecule has 0 aliphatic heterocycles. The first-order valence-electron chi connectivity index (χ1n) is 6.36. The summed E-state index contributed by atoms with van der Waals surface area (Å²) in [6.07, 6.45) is -12.1. The van der Waals surface area contributed by atoms with Crippen molar-refractivity contribution in [3.8, 4) is 0 Å². The lowest BCUT2D eigenvalue weighted by Gasteiger charge is -2.27. The van der Waals surface area contributed by atoms with Crippen molar-refractivity contribution in [3.05, 3.63) is 0 Å². The summed E-state index contributed by atoms with van der Waals surface area (Å²) in [6.45, 7) is -1.46. The number of alkyl halides is 7. The van der Waals surface area contributed by atoms with E-state index in [2.05, 4.69) is 9.47 Å². The van der Waals surface area contributed by atoms with Gasteiger partial charge in [0.05, 0.1) is 52.9 Å². The van der Waals surface area contributed by atoms with E-state index in [1.54, 1.807) is 0 Å². The van der Waals surface area contributed by atoms with Gasteiger partial charge >= 0.3 is 18.2 Å². The molecule has 0 amide bonds. The smallest absolute Gasteiger partial charge is 0.394 e. The molecule has 0 heterocycles. The average Bonchev–Trinajstić information content (AvgIpc) is 2.43. The fraction of sp³-hybridized carbons (Fsp3) is 1.00. The molecular formula is C11H17F7O5. The molecule has 1 N–H and O–H groups in total. The van der Waals surface area contributed by atoms with Crippen LogP contribution < -0.4 is 0 Å². The highest BCUT2D eigenvalue weighted by Gasteiger charge is 2.74. The summed E-state index contributed by atoms with van der Waals surface area (Å²) in [5, 5.41) is 8.38. The van der Waals surface area contributed by atoms with Crippen molar-refractivity contribution in [2.24, 2.45) is 0 Å². The molecule has 0 bridgehead atoms. The van der Waals surface area contributed by atoms with Gasteiger partial charge in [-0.3, -0.25) is 0 Å². The van der Waals surface area contributed by atoms with Crippen LogP contribution in [0.4, 0.5) is 30.7 Å². The normalized spacial score (nSPS) is 13.6. The van der Waals surface area contributed by atoms with E-state index in [-0.39, 0.29) is 39.6 Å². The average molecular weight is 362 g/mol. The van der Waals surface area contributed by atoms with Gasteiger partial charge in [-0.2, -0.15) is 30.7 Å². The fourth-order valence-electron chi connectivity index (χ4n) is 1.09. The van der Waals surface area contributed by atoms with Crippen LogP contribution in [-0.2, 0) is 18.9 Å². The number of rotatable bonds is 13. The summed E-state index contributed by atoms with van der Waals surface area (Å²) in [7, 11) is 0. The molecule has 0 aliphatic carbocycles. The first-order chi connectivity index (χ1) is 10.6. The highest BCUT2D eigenvalue weighted by atomic mass is 19.4. The molecule has 0 atom stereocenters. The number of aliphatic hydroxyl groups excluding tert-OH is 1. The highest BCUT2D eigenvalue weighted by molar-refractivity contribution is 4.84. The minimum absolute atomic E-state index is 0.0254. The van der Waals surface area contributed by atoms with Crippen LogP contribution in [0.15, 0.2) is 0 Å². The highest BCUT2D eigenvalue weighted by Crippen LogP contribution is 2.46. The van der Waals surface area contributed by atoms with Gasteiger partial charge in [0.25, 0.3) is 0 Å². The molecule has 0 rings (SSSR count). The van der Waals surface area contributed by atoms with Crippen molar-refractivity contribution in [3.63, 3.8) is 0 Å². The fourth-order valence-corrected chi connectivity index (χ4v) is 1.09. The SMILES string of the molecule is OCCOCCOCCOCCOC(F)(F)C(F)(F)C(F)(F)F. The number of hydrogen-bond donors (Lipinski definition) is 1. The summed E-state index contributed by atoms with van der Waals surface area (Å²) in [6, 6.07) is 0. The molecule has 0 saturated carbocycles. The van der Waals surface area contributed by atoms with Gasteiger partial charge in [-0.05, 0) is 0 Å². The Balaban J connectivity index is 3.72. The number of aliphatic hydroxyl groups is 1. The van der Waals surface area contributed by atoms with Crippen molar-refractivity contribution in [1.82, 2.24) is 0 Å². The second-order valence-corrected chi connectivity index (χ2v) is 4.00. The van der Waals surface area contributed by atoms with Gasteiger partial charge in [0.1, 0.15) is 0 Å². The van der Waals surface area contributed by atoms with E-state index in [4.69, 9.17) is 14.6 Å². The predicted octanol–water partition coefficient (Wildman–Crippen LogP) is 1.84. The van der Waals surface area contributed by atoms with E-state index < -0.39 is 31.4 Å². The Labute approximate surface area is 127 Å². The summed E-state index contributed by atoms with van der Waals surface area (Å²) < 4.78 is 103. The number of halogens is 7. The summed E-state index contributed by atoms with van der Waals surface area (Å²) >= 11 is 0. The molecule has 0 saturated heterocycles. The quantitative estimate of drug-likeness (QED) is 0.400.